The van der Waals surface area contributed by atoms with Gasteiger partial charge in [0.25, 0.3) is 11.8 Å². The zero-order valence-electron chi connectivity index (χ0n) is 18.1. The van der Waals surface area contributed by atoms with E-state index in [4.69, 9.17) is 9.47 Å². The summed E-state index contributed by atoms with van der Waals surface area (Å²) in [7, 11) is 0. The van der Waals surface area contributed by atoms with Crippen LogP contribution in [-0.4, -0.2) is 43.3 Å². The second-order valence-corrected chi connectivity index (χ2v) is 7.08. The number of hydrogen-bond donors (Lipinski definition) is 2. The summed E-state index contributed by atoms with van der Waals surface area (Å²) in [5.41, 5.74) is 2.85. The van der Waals surface area contributed by atoms with Gasteiger partial charge in [0, 0.05) is 0 Å². The van der Waals surface area contributed by atoms with Crippen molar-refractivity contribution in [2.24, 2.45) is 11.0 Å². The largest absolute Gasteiger partial charge is 0.482 e. The summed E-state index contributed by atoms with van der Waals surface area (Å²) < 4.78 is 24.0. The van der Waals surface area contributed by atoms with Crippen molar-refractivity contribution in [1.82, 2.24) is 10.7 Å². The lowest BCUT2D eigenvalue weighted by molar-refractivity contribution is -0.145. The number of rotatable bonds is 10. The molecule has 0 fully saturated rings. The smallest absolute Gasteiger partial charge is 0.344 e. The van der Waals surface area contributed by atoms with Crippen LogP contribution in [-0.2, 0) is 14.3 Å². The summed E-state index contributed by atoms with van der Waals surface area (Å²) in [6.07, 6.45) is 1.39. The fraction of sp³-hybridized carbons (Fsp3) is 0.304. The number of ether oxygens (including phenoxy) is 2. The van der Waals surface area contributed by atoms with E-state index in [9.17, 15) is 18.8 Å². The normalized spacial score (nSPS) is 11.8. The predicted molar refractivity (Wildman–Crippen MR) is 117 cm³/mol. The molecule has 0 aromatic heterocycles. The number of hydrazone groups is 1. The van der Waals surface area contributed by atoms with E-state index in [0.29, 0.717) is 11.3 Å². The summed E-state index contributed by atoms with van der Waals surface area (Å²) >= 11 is 0. The van der Waals surface area contributed by atoms with E-state index >= 15 is 0 Å². The Balaban J connectivity index is 1.97. The van der Waals surface area contributed by atoms with Gasteiger partial charge in [0.2, 0.25) is 0 Å². The minimum absolute atomic E-state index is 0.144. The van der Waals surface area contributed by atoms with Gasteiger partial charge < -0.3 is 14.8 Å². The Morgan fingerprint density at radius 2 is 1.88 bits per heavy atom. The first-order chi connectivity index (χ1) is 15.3. The van der Waals surface area contributed by atoms with E-state index in [1.54, 1.807) is 45.0 Å². The van der Waals surface area contributed by atoms with Crippen molar-refractivity contribution in [3.63, 3.8) is 0 Å². The van der Waals surface area contributed by atoms with Gasteiger partial charge in [0.1, 0.15) is 17.6 Å². The zero-order valence-corrected chi connectivity index (χ0v) is 18.1. The van der Waals surface area contributed by atoms with Crippen LogP contribution in [0.3, 0.4) is 0 Å². The number of esters is 1. The first kappa shape index (κ1) is 24.5. The highest BCUT2D eigenvalue weighted by molar-refractivity contribution is 5.98. The van der Waals surface area contributed by atoms with Crippen molar-refractivity contribution < 1.29 is 28.2 Å². The number of halogens is 1. The first-order valence-corrected chi connectivity index (χ1v) is 10.1. The maximum atomic E-state index is 13.8. The van der Waals surface area contributed by atoms with E-state index in [1.807, 2.05) is 0 Å². The number of carbonyl (C=O) groups is 3. The van der Waals surface area contributed by atoms with Crippen LogP contribution in [0.1, 0.15) is 36.7 Å². The molecule has 0 aliphatic heterocycles. The molecule has 2 aromatic rings. The summed E-state index contributed by atoms with van der Waals surface area (Å²) in [4.78, 5) is 36.3. The number of carbonyl (C=O) groups excluding carboxylic acids is 3. The van der Waals surface area contributed by atoms with Crippen molar-refractivity contribution in [2.75, 3.05) is 13.2 Å². The summed E-state index contributed by atoms with van der Waals surface area (Å²) in [5, 5.41) is 6.45. The van der Waals surface area contributed by atoms with Crippen molar-refractivity contribution in [2.45, 2.75) is 26.8 Å². The molecule has 2 aromatic carbocycles. The molecule has 2 N–H and O–H groups in total. The molecule has 0 saturated carbocycles. The van der Waals surface area contributed by atoms with Gasteiger partial charge >= 0.3 is 5.97 Å². The molecular formula is C23H26FN3O5. The van der Waals surface area contributed by atoms with Gasteiger partial charge in [0.05, 0.1) is 18.4 Å². The van der Waals surface area contributed by atoms with Crippen LogP contribution in [0.2, 0.25) is 0 Å². The zero-order chi connectivity index (χ0) is 23.5. The standard InChI is InChI=1S/C23H26FN3O5/c1-4-31-20(28)14-32-17-9-7-8-16(12-17)13-25-27-23(30)21(15(2)3)26-22(29)18-10-5-6-11-19(18)24/h5-13,15,21H,4,14H2,1-3H3,(H,26,29)(H,27,30). The summed E-state index contributed by atoms with van der Waals surface area (Å²) in [6, 6.07) is 11.3. The third kappa shape index (κ3) is 7.50. The Bertz CT molecular complexity index is 978. The van der Waals surface area contributed by atoms with Gasteiger partial charge in [0.15, 0.2) is 6.61 Å². The maximum Gasteiger partial charge on any atom is 0.344 e. The second kappa shape index (κ2) is 12.2. The van der Waals surface area contributed by atoms with E-state index < -0.39 is 29.6 Å². The third-order valence-electron chi connectivity index (χ3n) is 4.26. The van der Waals surface area contributed by atoms with Crippen LogP contribution in [0, 0.1) is 11.7 Å². The second-order valence-electron chi connectivity index (χ2n) is 7.08. The minimum Gasteiger partial charge on any atom is -0.482 e. The number of benzene rings is 2. The Kier molecular flexibility index (Phi) is 9.34. The molecule has 1 atom stereocenters. The van der Waals surface area contributed by atoms with Crippen molar-refractivity contribution in [3.8, 4) is 5.75 Å². The molecule has 0 heterocycles. The number of amides is 2. The predicted octanol–water partition coefficient (Wildman–Crippen LogP) is 2.67. The molecule has 2 rings (SSSR count). The van der Waals surface area contributed by atoms with Crippen LogP contribution in [0.25, 0.3) is 0 Å². The fourth-order valence-corrected chi connectivity index (χ4v) is 2.67. The van der Waals surface area contributed by atoms with Crippen LogP contribution in [0.15, 0.2) is 53.6 Å². The number of hydrogen-bond acceptors (Lipinski definition) is 6. The van der Waals surface area contributed by atoms with Crippen LogP contribution in [0.5, 0.6) is 5.75 Å². The molecule has 0 spiro atoms. The van der Waals surface area contributed by atoms with Gasteiger partial charge in [-0.2, -0.15) is 5.10 Å². The molecule has 2 amide bonds. The van der Waals surface area contributed by atoms with Gasteiger partial charge in [-0.3, -0.25) is 9.59 Å². The van der Waals surface area contributed by atoms with Crippen LogP contribution in [0.4, 0.5) is 4.39 Å². The molecule has 0 radical (unpaired) electrons. The van der Waals surface area contributed by atoms with Crippen molar-refractivity contribution >= 4 is 24.0 Å². The molecule has 32 heavy (non-hydrogen) atoms. The molecule has 1 unspecified atom stereocenters. The Labute approximate surface area is 185 Å². The summed E-state index contributed by atoms with van der Waals surface area (Å²) in [5.74, 6) is -2.21. The van der Waals surface area contributed by atoms with Crippen LogP contribution >= 0.6 is 0 Å². The lowest BCUT2D eigenvalue weighted by Gasteiger charge is -2.20. The van der Waals surface area contributed by atoms with E-state index in [1.165, 1.54) is 30.5 Å². The average Bonchev–Trinajstić information content (AvgIpc) is 2.76. The quantitative estimate of drug-likeness (QED) is 0.334. The highest BCUT2D eigenvalue weighted by Gasteiger charge is 2.25. The van der Waals surface area contributed by atoms with E-state index in [-0.39, 0.29) is 24.7 Å². The lowest BCUT2D eigenvalue weighted by atomic mass is 10.0. The molecule has 8 nitrogen and oxygen atoms in total. The minimum atomic E-state index is -0.918. The van der Waals surface area contributed by atoms with Gasteiger partial charge in [-0.1, -0.05) is 38.1 Å². The average molecular weight is 443 g/mol. The van der Waals surface area contributed by atoms with E-state index in [0.717, 1.165) is 0 Å². The lowest BCUT2D eigenvalue weighted by Crippen LogP contribution is -2.48. The van der Waals surface area contributed by atoms with Crippen molar-refractivity contribution in [1.29, 1.82) is 0 Å². The molecule has 170 valence electrons. The number of nitrogens with one attached hydrogen (secondary N) is 2. The summed E-state index contributed by atoms with van der Waals surface area (Å²) in [6.45, 7) is 5.26. The van der Waals surface area contributed by atoms with Gasteiger partial charge in [-0.25, -0.2) is 14.6 Å². The topological polar surface area (TPSA) is 106 Å². The highest BCUT2D eigenvalue weighted by Crippen LogP contribution is 2.12. The molecule has 0 bridgehead atoms. The third-order valence-corrected chi connectivity index (χ3v) is 4.26. The molecule has 0 aliphatic rings. The van der Waals surface area contributed by atoms with Crippen molar-refractivity contribution in [3.05, 3.63) is 65.5 Å². The van der Waals surface area contributed by atoms with Gasteiger partial charge in [-0.05, 0) is 42.7 Å². The molecule has 0 aliphatic carbocycles. The van der Waals surface area contributed by atoms with Gasteiger partial charge in [-0.15, -0.1) is 0 Å². The Morgan fingerprint density at radius 1 is 1.12 bits per heavy atom. The molecule has 9 heteroatoms. The maximum absolute atomic E-state index is 13.8. The Morgan fingerprint density at radius 3 is 2.56 bits per heavy atom. The highest BCUT2D eigenvalue weighted by atomic mass is 19.1. The van der Waals surface area contributed by atoms with E-state index in [2.05, 4.69) is 15.8 Å². The molecular weight excluding hydrogens is 417 g/mol. The SMILES string of the molecule is CCOC(=O)COc1cccc(C=NNC(=O)C(NC(=O)c2ccccc2F)C(C)C)c1. The first-order valence-electron chi connectivity index (χ1n) is 10.1. The fourth-order valence-electron chi connectivity index (χ4n) is 2.67. The van der Waals surface area contributed by atoms with Crippen LogP contribution < -0.4 is 15.5 Å². The molecule has 0 saturated heterocycles. The number of nitrogens with zero attached hydrogens (tertiary/aromatic N) is 1. The Hall–Kier alpha value is -3.75. The monoisotopic (exact) mass is 443 g/mol.